The van der Waals surface area contributed by atoms with Crippen molar-refractivity contribution in [1.82, 2.24) is 5.32 Å². The molecule has 0 radical (unpaired) electrons. The number of phenols is 1. The number of hydrogen-bond acceptors (Lipinski definition) is 2. The molecule has 2 atom stereocenters. The molecule has 2 nitrogen and oxygen atoms in total. The molecule has 0 spiro atoms. The highest BCUT2D eigenvalue weighted by Gasteiger charge is 2.17. The van der Waals surface area contributed by atoms with Gasteiger partial charge in [-0.2, -0.15) is 0 Å². The van der Waals surface area contributed by atoms with Gasteiger partial charge in [-0.05, 0) is 31.0 Å². The van der Waals surface area contributed by atoms with Gasteiger partial charge in [0.15, 0.2) is 0 Å². The molecular weight excluding hydrogens is 270 g/mol. The standard InChI is InChI=1S/C17H20ClNO/c1-3-16(14-9-5-7-11-17(14)20)19-12(2)13-8-4-6-10-15(13)18/h4-12,16,19-20H,3H2,1-2H3/t12-,16?/m1/s1. The summed E-state index contributed by atoms with van der Waals surface area (Å²) in [5.41, 5.74) is 2.00. The molecule has 0 saturated heterocycles. The topological polar surface area (TPSA) is 32.3 Å². The molecule has 2 rings (SSSR count). The predicted molar refractivity (Wildman–Crippen MR) is 84.1 cm³/mol. The Morgan fingerprint density at radius 3 is 2.25 bits per heavy atom. The molecule has 0 aromatic heterocycles. The number of para-hydroxylation sites is 1. The van der Waals surface area contributed by atoms with Gasteiger partial charge in [-0.1, -0.05) is 54.9 Å². The summed E-state index contributed by atoms with van der Waals surface area (Å²) >= 11 is 6.23. The lowest BCUT2D eigenvalue weighted by Gasteiger charge is -2.24. The van der Waals surface area contributed by atoms with E-state index in [-0.39, 0.29) is 12.1 Å². The molecule has 0 aliphatic rings. The lowest BCUT2D eigenvalue weighted by Crippen LogP contribution is -2.24. The van der Waals surface area contributed by atoms with Crippen LogP contribution in [0.5, 0.6) is 5.75 Å². The minimum Gasteiger partial charge on any atom is -0.508 e. The van der Waals surface area contributed by atoms with Crippen molar-refractivity contribution in [3.05, 3.63) is 64.7 Å². The van der Waals surface area contributed by atoms with E-state index in [1.165, 1.54) is 0 Å². The highest BCUT2D eigenvalue weighted by atomic mass is 35.5. The van der Waals surface area contributed by atoms with E-state index < -0.39 is 0 Å². The molecule has 20 heavy (non-hydrogen) atoms. The van der Waals surface area contributed by atoms with Crippen molar-refractivity contribution in [3.63, 3.8) is 0 Å². The van der Waals surface area contributed by atoms with Gasteiger partial charge in [0.1, 0.15) is 5.75 Å². The van der Waals surface area contributed by atoms with E-state index in [2.05, 4.69) is 19.2 Å². The molecule has 0 saturated carbocycles. The second kappa shape index (κ2) is 6.78. The van der Waals surface area contributed by atoms with E-state index in [1.54, 1.807) is 6.07 Å². The van der Waals surface area contributed by atoms with Gasteiger partial charge in [-0.3, -0.25) is 0 Å². The van der Waals surface area contributed by atoms with Crippen LogP contribution >= 0.6 is 11.6 Å². The Balaban J connectivity index is 2.19. The maximum Gasteiger partial charge on any atom is 0.120 e. The molecule has 0 heterocycles. The Morgan fingerprint density at radius 1 is 1.05 bits per heavy atom. The molecule has 2 aromatic carbocycles. The number of halogens is 1. The van der Waals surface area contributed by atoms with Gasteiger partial charge in [0.2, 0.25) is 0 Å². The fraction of sp³-hybridized carbons (Fsp3) is 0.294. The van der Waals surface area contributed by atoms with Crippen molar-refractivity contribution in [2.75, 3.05) is 0 Å². The summed E-state index contributed by atoms with van der Waals surface area (Å²) in [6, 6.07) is 15.5. The van der Waals surface area contributed by atoms with Crippen molar-refractivity contribution in [3.8, 4) is 5.75 Å². The Labute approximate surface area is 125 Å². The first-order valence-corrected chi connectivity index (χ1v) is 7.29. The monoisotopic (exact) mass is 289 g/mol. The molecule has 1 unspecified atom stereocenters. The molecule has 0 fully saturated rings. The van der Waals surface area contributed by atoms with Crippen LogP contribution in [0.2, 0.25) is 5.02 Å². The molecule has 2 N–H and O–H groups in total. The van der Waals surface area contributed by atoms with Crippen LogP contribution in [0, 0.1) is 0 Å². The maximum atomic E-state index is 9.98. The average molecular weight is 290 g/mol. The molecule has 0 amide bonds. The van der Waals surface area contributed by atoms with Crippen LogP contribution in [0.1, 0.15) is 43.5 Å². The molecule has 0 aliphatic heterocycles. The zero-order chi connectivity index (χ0) is 14.5. The van der Waals surface area contributed by atoms with Crippen LogP contribution in [-0.4, -0.2) is 5.11 Å². The third-order valence-corrected chi connectivity index (χ3v) is 3.89. The van der Waals surface area contributed by atoms with Gasteiger partial charge in [0, 0.05) is 22.7 Å². The molecule has 2 aromatic rings. The summed E-state index contributed by atoms with van der Waals surface area (Å²) in [7, 11) is 0. The molecule has 106 valence electrons. The quantitative estimate of drug-likeness (QED) is 0.825. The highest BCUT2D eigenvalue weighted by molar-refractivity contribution is 6.31. The van der Waals surface area contributed by atoms with E-state index in [1.807, 2.05) is 42.5 Å². The van der Waals surface area contributed by atoms with Crippen molar-refractivity contribution >= 4 is 11.6 Å². The molecular formula is C17H20ClNO. The Morgan fingerprint density at radius 2 is 1.65 bits per heavy atom. The number of phenolic OH excluding ortho intramolecular Hbond substituents is 1. The van der Waals surface area contributed by atoms with Gasteiger partial charge >= 0.3 is 0 Å². The third kappa shape index (κ3) is 3.33. The zero-order valence-corrected chi connectivity index (χ0v) is 12.6. The second-order valence-corrected chi connectivity index (χ2v) is 5.34. The first-order chi connectivity index (χ1) is 9.63. The van der Waals surface area contributed by atoms with E-state index in [9.17, 15) is 5.11 Å². The van der Waals surface area contributed by atoms with Gasteiger partial charge in [0.25, 0.3) is 0 Å². The normalized spacial score (nSPS) is 13.9. The number of benzene rings is 2. The van der Waals surface area contributed by atoms with E-state index in [4.69, 9.17) is 11.6 Å². The van der Waals surface area contributed by atoms with Crippen molar-refractivity contribution in [1.29, 1.82) is 0 Å². The van der Waals surface area contributed by atoms with Crippen LogP contribution < -0.4 is 5.32 Å². The summed E-state index contributed by atoms with van der Waals surface area (Å²) in [6.07, 6.45) is 0.895. The minimum absolute atomic E-state index is 0.0995. The zero-order valence-electron chi connectivity index (χ0n) is 11.8. The van der Waals surface area contributed by atoms with Crippen molar-refractivity contribution in [2.45, 2.75) is 32.4 Å². The summed E-state index contributed by atoms with van der Waals surface area (Å²) in [6.45, 7) is 4.19. The van der Waals surface area contributed by atoms with Gasteiger partial charge in [-0.25, -0.2) is 0 Å². The predicted octanol–water partition coefficient (Wildman–Crippen LogP) is 4.85. The summed E-state index contributed by atoms with van der Waals surface area (Å²) in [5, 5.41) is 14.3. The van der Waals surface area contributed by atoms with Crippen LogP contribution in [0.4, 0.5) is 0 Å². The SMILES string of the molecule is CCC(N[C@H](C)c1ccccc1Cl)c1ccccc1O. The minimum atomic E-state index is 0.0995. The number of rotatable bonds is 5. The van der Waals surface area contributed by atoms with E-state index >= 15 is 0 Å². The van der Waals surface area contributed by atoms with Crippen LogP contribution in [-0.2, 0) is 0 Å². The Kier molecular flexibility index (Phi) is 5.05. The van der Waals surface area contributed by atoms with E-state index in [0.29, 0.717) is 5.75 Å². The lowest BCUT2D eigenvalue weighted by atomic mass is 10.0. The fourth-order valence-corrected chi connectivity index (χ4v) is 2.73. The van der Waals surface area contributed by atoms with Crippen molar-refractivity contribution in [2.24, 2.45) is 0 Å². The van der Waals surface area contributed by atoms with Crippen LogP contribution in [0.25, 0.3) is 0 Å². The number of hydrogen-bond donors (Lipinski definition) is 2. The van der Waals surface area contributed by atoms with Crippen LogP contribution in [0.15, 0.2) is 48.5 Å². The smallest absolute Gasteiger partial charge is 0.120 e. The second-order valence-electron chi connectivity index (χ2n) is 4.93. The Hall–Kier alpha value is -1.51. The first-order valence-electron chi connectivity index (χ1n) is 6.91. The lowest BCUT2D eigenvalue weighted by molar-refractivity contribution is 0.419. The largest absolute Gasteiger partial charge is 0.508 e. The average Bonchev–Trinajstić information content (AvgIpc) is 2.46. The summed E-state index contributed by atoms with van der Waals surface area (Å²) < 4.78 is 0. The number of nitrogens with one attached hydrogen (secondary N) is 1. The Bertz CT molecular complexity index is 570. The molecule has 0 bridgehead atoms. The van der Waals surface area contributed by atoms with Gasteiger partial charge in [0.05, 0.1) is 0 Å². The van der Waals surface area contributed by atoms with Crippen molar-refractivity contribution < 1.29 is 5.11 Å². The van der Waals surface area contributed by atoms with Crippen LogP contribution in [0.3, 0.4) is 0 Å². The first kappa shape index (κ1) is 14.9. The summed E-state index contributed by atoms with van der Waals surface area (Å²) in [5.74, 6) is 0.332. The summed E-state index contributed by atoms with van der Waals surface area (Å²) in [4.78, 5) is 0. The van der Waals surface area contributed by atoms with Gasteiger partial charge < -0.3 is 10.4 Å². The third-order valence-electron chi connectivity index (χ3n) is 3.54. The highest BCUT2D eigenvalue weighted by Crippen LogP contribution is 2.30. The molecule has 3 heteroatoms. The maximum absolute atomic E-state index is 9.98. The fourth-order valence-electron chi connectivity index (χ4n) is 2.43. The molecule has 0 aliphatic carbocycles. The van der Waals surface area contributed by atoms with E-state index in [0.717, 1.165) is 22.6 Å². The number of aromatic hydroxyl groups is 1. The van der Waals surface area contributed by atoms with Gasteiger partial charge in [-0.15, -0.1) is 0 Å².